The molecule has 1 rings (SSSR count). The first-order valence-electron chi connectivity index (χ1n) is 5.89. The smallest absolute Gasteiger partial charge is 0.151 e. The average molecular weight is 260 g/mol. The zero-order valence-electron chi connectivity index (χ0n) is 10.2. The highest BCUT2D eigenvalue weighted by molar-refractivity contribution is 7.91. The van der Waals surface area contributed by atoms with Crippen LogP contribution in [0.1, 0.15) is 19.8 Å². The summed E-state index contributed by atoms with van der Waals surface area (Å²) >= 11 is 0. The molecule has 1 N–H and O–H groups in total. The van der Waals surface area contributed by atoms with Gasteiger partial charge in [0.25, 0.3) is 0 Å². The molecule has 0 spiro atoms. The van der Waals surface area contributed by atoms with E-state index in [4.69, 9.17) is 0 Å². The maximum atomic E-state index is 11.4. The predicted octanol–water partition coefficient (Wildman–Crippen LogP) is 0.0826. The summed E-state index contributed by atoms with van der Waals surface area (Å²) in [7, 11) is -2.85. The minimum Gasteiger partial charge on any atom is -0.316 e. The maximum absolute atomic E-state index is 11.4. The second-order valence-corrected chi connectivity index (χ2v) is 6.23. The maximum Gasteiger partial charge on any atom is 0.151 e. The van der Waals surface area contributed by atoms with E-state index in [1.54, 1.807) is 10.9 Å². The third-order valence-electron chi connectivity index (χ3n) is 2.32. The van der Waals surface area contributed by atoms with Crippen molar-refractivity contribution in [3.05, 3.63) is 12.4 Å². The first-order chi connectivity index (χ1) is 8.14. The molecular weight excluding hydrogens is 240 g/mol. The topological polar surface area (TPSA) is 76.9 Å². The van der Waals surface area contributed by atoms with Gasteiger partial charge in [-0.15, -0.1) is 5.10 Å². The van der Waals surface area contributed by atoms with Gasteiger partial charge in [0.05, 0.1) is 11.9 Å². The Labute approximate surface area is 102 Å². The largest absolute Gasteiger partial charge is 0.316 e. The summed E-state index contributed by atoms with van der Waals surface area (Å²) in [4.78, 5) is 0. The van der Waals surface area contributed by atoms with Crippen molar-refractivity contribution in [3.8, 4) is 0 Å². The molecule has 7 heteroatoms. The fourth-order valence-electron chi connectivity index (χ4n) is 1.48. The first kappa shape index (κ1) is 14.1. The number of rotatable bonds is 9. The summed E-state index contributed by atoms with van der Waals surface area (Å²) < 4.78 is 24.5. The molecule has 1 aromatic rings. The van der Waals surface area contributed by atoms with Gasteiger partial charge in [-0.25, -0.2) is 8.42 Å². The van der Waals surface area contributed by atoms with Crippen molar-refractivity contribution in [1.82, 2.24) is 20.3 Å². The molecule has 98 valence electrons. The Hall–Kier alpha value is -0.950. The van der Waals surface area contributed by atoms with Crippen molar-refractivity contribution < 1.29 is 8.42 Å². The summed E-state index contributed by atoms with van der Waals surface area (Å²) in [5, 5.41) is 10.7. The quantitative estimate of drug-likeness (QED) is 0.636. The monoisotopic (exact) mass is 260 g/mol. The lowest BCUT2D eigenvalue weighted by atomic mass is 10.4. The van der Waals surface area contributed by atoms with Gasteiger partial charge >= 0.3 is 0 Å². The van der Waals surface area contributed by atoms with Crippen molar-refractivity contribution in [2.45, 2.75) is 26.3 Å². The number of hydrogen-bond donors (Lipinski definition) is 1. The van der Waals surface area contributed by atoms with Gasteiger partial charge < -0.3 is 5.32 Å². The average Bonchev–Trinajstić information content (AvgIpc) is 2.76. The van der Waals surface area contributed by atoms with Crippen LogP contribution in [0.4, 0.5) is 0 Å². The van der Waals surface area contributed by atoms with Crippen LogP contribution in [0, 0.1) is 0 Å². The van der Waals surface area contributed by atoms with Crippen molar-refractivity contribution in [1.29, 1.82) is 0 Å². The van der Waals surface area contributed by atoms with Gasteiger partial charge in [0.2, 0.25) is 0 Å². The van der Waals surface area contributed by atoms with E-state index < -0.39 is 9.84 Å². The van der Waals surface area contributed by atoms with Crippen molar-refractivity contribution in [3.63, 3.8) is 0 Å². The highest BCUT2D eigenvalue weighted by Crippen LogP contribution is 1.92. The molecule has 0 saturated carbocycles. The lowest BCUT2D eigenvalue weighted by molar-refractivity contribution is 0.534. The summed E-state index contributed by atoms with van der Waals surface area (Å²) in [6, 6.07) is 0. The molecule has 0 amide bonds. The molecule has 0 unspecified atom stereocenters. The molecule has 17 heavy (non-hydrogen) atoms. The Morgan fingerprint density at radius 1 is 1.29 bits per heavy atom. The van der Waals surface area contributed by atoms with Gasteiger partial charge in [-0.1, -0.05) is 12.1 Å². The lowest BCUT2D eigenvalue weighted by Crippen LogP contribution is -2.25. The predicted molar refractivity (Wildman–Crippen MR) is 66.5 cm³/mol. The van der Waals surface area contributed by atoms with Crippen LogP contribution in [0.25, 0.3) is 0 Å². The SMILES string of the molecule is CCCS(=O)(=O)CCNCCCn1ccnn1. The molecule has 0 bridgehead atoms. The molecule has 6 nitrogen and oxygen atoms in total. The molecule has 0 fully saturated rings. The van der Waals surface area contributed by atoms with Gasteiger partial charge in [0, 0.05) is 25.0 Å². The number of sulfone groups is 1. The number of nitrogens with one attached hydrogen (secondary N) is 1. The Balaban J connectivity index is 2.01. The van der Waals surface area contributed by atoms with Crippen molar-refractivity contribution >= 4 is 9.84 Å². The van der Waals surface area contributed by atoms with E-state index in [0.29, 0.717) is 13.0 Å². The van der Waals surface area contributed by atoms with E-state index in [0.717, 1.165) is 19.5 Å². The van der Waals surface area contributed by atoms with Gasteiger partial charge in [-0.05, 0) is 19.4 Å². The van der Waals surface area contributed by atoms with Gasteiger partial charge in [-0.2, -0.15) is 0 Å². The van der Waals surface area contributed by atoms with E-state index in [-0.39, 0.29) is 11.5 Å². The highest BCUT2D eigenvalue weighted by atomic mass is 32.2. The molecule has 1 heterocycles. The zero-order valence-corrected chi connectivity index (χ0v) is 11.0. The Morgan fingerprint density at radius 3 is 2.76 bits per heavy atom. The summed E-state index contributed by atoms with van der Waals surface area (Å²) in [5.74, 6) is 0.512. The van der Waals surface area contributed by atoms with Crippen LogP contribution < -0.4 is 5.32 Å². The molecule has 0 saturated heterocycles. The molecule has 0 aliphatic heterocycles. The number of hydrogen-bond acceptors (Lipinski definition) is 5. The molecule has 0 aliphatic carbocycles. The highest BCUT2D eigenvalue weighted by Gasteiger charge is 2.07. The second kappa shape index (κ2) is 7.39. The lowest BCUT2D eigenvalue weighted by Gasteiger charge is -2.05. The van der Waals surface area contributed by atoms with Gasteiger partial charge in [0.15, 0.2) is 9.84 Å². The van der Waals surface area contributed by atoms with E-state index in [2.05, 4.69) is 15.6 Å². The summed E-state index contributed by atoms with van der Waals surface area (Å²) in [6.45, 7) is 4.00. The van der Waals surface area contributed by atoms with Crippen LogP contribution >= 0.6 is 0 Å². The fourth-order valence-corrected chi connectivity index (χ4v) is 2.77. The number of aromatic nitrogens is 3. The Kier molecular flexibility index (Phi) is 6.13. The van der Waals surface area contributed by atoms with Crippen LogP contribution in [0.5, 0.6) is 0 Å². The van der Waals surface area contributed by atoms with Gasteiger partial charge in [0.1, 0.15) is 0 Å². The summed E-state index contributed by atoms with van der Waals surface area (Å²) in [5.41, 5.74) is 0. The van der Waals surface area contributed by atoms with E-state index in [1.807, 2.05) is 13.1 Å². The molecule has 0 atom stereocenters. The van der Waals surface area contributed by atoms with Crippen LogP contribution in [-0.4, -0.2) is 48.0 Å². The number of aryl methyl sites for hydroxylation is 1. The van der Waals surface area contributed by atoms with Crippen LogP contribution in [0.15, 0.2) is 12.4 Å². The third-order valence-corrected chi connectivity index (χ3v) is 4.17. The van der Waals surface area contributed by atoms with E-state index >= 15 is 0 Å². The standard InChI is InChI=1S/C10H20N4O2S/c1-2-9-17(15,16)10-6-11-4-3-7-14-8-5-12-13-14/h5,8,11H,2-4,6-7,9-10H2,1H3. The summed E-state index contributed by atoms with van der Waals surface area (Å²) in [6.07, 6.45) is 5.06. The van der Waals surface area contributed by atoms with Crippen LogP contribution in [0.2, 0.25) is 0 Å². The molecular formula is C10H20N4O2S. The number of nitrogens with zero attached hydrogens (tertiary/aromatic N) is 3. The van der Waals surface area contributed by atoms with Crippen molar-refractivity contribution in [2.75, 3.05) is 24.6 Å². The normalized spacial score (nSPS) is 11.8. The minimum atomic E-state index is -2.85. The first-order valence-corrected chi connectivity index (χ1v) is 7.71. The second-order valence-electron chi connectivity index (χ2n) is 3.92. The molecule has 0 aliphatic rings. The zero-order chi connectivity index (χ0) is 12.6. The molecule has 1 aromatic heterocycles. The third kappa shape index (κ3) is 6.38. The minimum absolute atomic E-state index is 0.226. The van der Waals surface area contributed by atoms with Gasteiger partial charge in [-0.3, -0.25) is 4.68 Å². The van der Waals surface area contributed by atoms with E-state index in [9.17, 15) is 8.42 Å². The Bertz CT molecular complexity index is 388. The molecule has 0 aromatic carbocycles. The molecule has 0 radical (unpaired) electrons. The fraction of sp³-hybridized carbons (Fsp3) is 0.800. The van der Waals surface area contributed by atoms with Crippen LogP contribution in [-0.2, 0) is 16.4 Å². The van der Waals surface area contributed by atoms with Crippen LogP contribution in [0.3, 0.4) is 0 Å². The van der Waals surface area contributed by atoms with E-state index in [1.165, 1.54) is 0 Å². The Morgan fingerprint density at radius 2 is 2.12 bits per heavy atom. The van der Waals surface area contributed by atoms with Crippen molar-refractivity contribution in [2.24, 2.45) is 0 Å².